The van der Waals surface area contributed by atoms with Crippen LogP contribution in [0.15, 0.2) is 67.5 Å². The number of nitrogens with one attached hydrogen (secondary N) is 2. The van der Waals surface area contributed by atoms with Crippen molar-refractivity contribution in [2.75, 3.05) is 0 Å². The van der Waals surface area contributed by atoms with Crippen molar-refractivity contribution in [3.05, 3.63) is 107 Å². The fourth-order valence-electron chi connectivity index (χ4n) is 4.65. The van der Waals surface area contributed by atoms with Gasteiger partial charge in [0.15, 0.2) is 0 Å². The third-order valence-electron chi connectivity index (χ3n) is 6.30. The average molecular weight is 492 g/mol. The van der Waals surface area contributed by atoms with E-state index >= 15 is 0 Å². The lowest BCUT2D eigenvalue weighted by Gasteiger charge is -2.17. The molecule has 4 aromatic heterocycles. The first-order valence-corrected chi connectivity index (χ1v) is 11.9. The van der Waals surface area contributed by atoms with Crippen molar-refractivity contribution >= 4 is 16.8 Å². The van der Waals surface area contributed by atoms with Crippen molar-refractivity contribution in [3.63, 3.8) is 0 Å². The summed E-state index contributed by atoms with van der Waals surface area (Å²) in [5.74, 6) is 5.68. The van der Waals surface area contributed by atoms with Gasteiger partial charge in [-0.25, -0.2) is 24.3 Å². The van der Waals surface area contributed by atoms with Crippen LogP contribution in [0.1, 0.15) is 50.4 Å². The highest BCUT2D eigenvalue weighted by Gasteiger charge is 2.31. The van der Waals surface area contributed by atoms with E-state index in [0.29, 0.717) is 22.5 Å². The standard InChI is InChI=1S/C28H22FN7O/c1-17-8-18(6-7-19-12-30-15-31-13-19)9-24(33-17)28(37)35-26(23-10-20-4-2-3-5-22(20)34-23)27-25-11-21(29)14-36(25)16-32-27/h2-5,8-10,12-13,15-16,21,26,34H,11,14H2,1H3,(H,35,37)/t21-,26?/m1/s1. The van der Waals surface area contributed by atoms with E-state index in [0.717, 1.165) is 22.3 Å². The number of halogens is 1. The van der Waals surface area contributed by atoms with Crippen molar-refractivity contribution in [3.8, 4) is 11.8 Å². The molecule has 0 fully saturated rings. The molecule has 0 aliphatic carbocycles. The number of nitrogens with zero attached hydrogens (tertiary/aromatic N) is 5. The molecule has 1 amide bonds. The summed E-state index contributed by atoms with van der Waals surface area (Å²) in [6, 6.07) is 12.7. The lowest BCUT2D eigenvalue weighted by molar-refractivity contribution is 0.0936. The molecule has 1 unspecified atom stereocenters. The van der Waals surface area contributed by atoms with Crippen LogP contribution in [-0.4, -0.2) is 41.6 Å². The molecule has 5 heterocycles. The molecule has 1 aliphatic rings. The zero-order chi connectivity index (χ0) is 25.4. The summed E-state index contributed by atoms with van der Waals surface area (Å²) in [6.07, 6.45) is 5.61. The van der Waals surface area contributed by atoms with Gasteiger partial charge in [0.2, 0.25) is 0 Å². The molecule has 1 aliphatic heterocycles. The molecule has 0 saturated heterocycles. The second-order valence-corrected chi connectivity index (χ2v) is 9.01. The van der Waals surface area contributed by atoms with Crippen molar-refractivity contribution in [1.82, 2.24) is 34.8 Å². The first-order chi connectivity index (χ1) is 18.0. The number of H-pyrrole nitrogens is 1. The first-order valence-electron chi connectivity index (χ1n) is 11.9. The number of hydrogen-bond acceptors (Lipinski definition) is 5. The summed E-state index contributed by atoms with van der Waals surface area (Å²) in [6.45, 7) is 2.08. The summed E-state index contributed by atoms with van der Waals surface area (Å²) < 4.78 is 16.0. The number of carbonyl (C=O) groups is 1. The van der Waals surface area contributed by atoms with Crippen molar-refractivity contribution in [2.45, 2.75) is 32.1 Å². The van der Waals surface area contributed by atoms with E-state index in [4.69, 9.17) is 0 Å². The van der Waals surface area contributed by atoms with E-state index in [1.807, 2.05) is 47.9 Å². The smallest absolute Gasteiger partial charge is 0.270 e. The quantitative estimate of drug-likeness (QED) is 0.374. The number of benzene rings is 1. The molecule has 8 nitrogen and oxygen atoms in total. The summed E-state index contributed by atoms with van der Waals surface area (Å²) in [7, 11) is 0. The predicted octanol–water partition coefficient (Wildman–Crippen LogP) is 3.67. The summed E-state index contributed by atoms with van der Waals surface area (Å²) in [4.78, 5) is 33.9. The molecule has 1 aromatic carbocycles. The van der Waals surface area contributed by atoms with E-state index in [9.17, 15) is 9.18 Å². The van der Waals surface area contributed by atoms with E-state index in [2.05, 4.69) is 42.1 Å². The van der Waals surface area contributed by atoms with Crippen LogP contribution in [0.2, 0.25) is 0 Å². The third kappa shape index (κ3) is 4.57. The third-order valence-corrected chi connectivity index (χ3v) is 6.30. The van der Waals surface area contributed by atoms with Gasteiger partial charge in [0, 0.05) is 47.0 Å². The highest BCUT2D eigenvalue weighted by atomic mass is 19.1. The van der Waals surface area contributed by atoms with Crippen LogP contribution in [-0.2, 0) is 13.0 Å². The topological polar surface area (TPSA) is 101 Å². The number of imidazole rings is 1. The Hall–Kier alpha value is -4.84. The van der Waals surface area contributed by atoms with Gasteiger partial charge in [-0.05, 0) is 36.6 Å². The number of rotatable bonds is 4. The molecule has 0 radical (unpaired) electrons. The van der Waals surface area contributed by atoms with Crippen LogP contribution in [0.5, 0.6) is 0 Å². The van der Waals surface area contributed by atoms with Gasteiger partial charge < -0.3 is 14.9 Å². The molecule has 5 aromatic rings. The highest BCUT2D eigenvalue weighted by molar-refractivity contribution is 5.93. The molecule has 0 saturated carbocycles. The molecule has 9 heteroatoms. The number of amides is 1. The monoisotopic (exact) mass is 491 g/mol. The fraction of sp³-hybridized carbons (Fsp3) is 0.179. The number of pyridine rings is 1. The number of aryl methyl sites for hydroxylation is 1. The molecular weight excluding hydrogens is 469 g/mol. The average Bonchev–Trinajstić information content (AvgIpc) is 3.60. The molecule has 0 bridgehead atoms. The van der Waals surface area contributed by atoms with Crippen molar-refractivity contribution < 1.29 is 9.18 Å². The van der Waals surface area contributed by atoms with E-state index in [1.165, 1.54) is 6.33 Å². The van der Waals surface area contributed by atoms with Crippen molar-refractivity contribution in [2.24, 2.45) is 0 Å². The zero-order valence-corrected chi connectivity index (χ0v) is 19.9. The Labute approximate surface area is 212 Å². The second kappa shape index (κ2) is 9.32. The van der Waals surface area contributed by atoms with E-state index in [1.54, 1.807) is 24.8 Å². The van der Waals surface area contributed by atoms with Crippen LogP contribution in [0, 0.1) is 18.8 Å². The fourth-order valence-corrected chi connectivity index (χ4v) is 4.65. The SMILES string of the molecule is Cc1cc(C#Cc2cncnc2)cc(C(=O)NC(c2cc3ccccc3[nH]2)c2ncn3c2C[C@@H](F)C3)n1. The Morgan fingerprint density at radius 3 is 2.81 bits per heavy atom. The molecule has 37 heavy (non-hydrogen) atoms. The largest absolute Gasteiger partial charge is 0.356 e. The van der Waals surface area contributed by atoms with Gasteiger partial charge in [0.05, 0.1) is 24.1 Å². The second-order valence-electron chi connectivity index (χ2n) is 9.01. The number of para-hydroxylation sites is 1. The number of hydrogen-bond donors (Lipinski definition) is 2. The minimum absolute atomic E-state index is 0.231. The lowest BCUT2D eigenvalue weighted by Crippen LogP contribution is -2.31. The summed E-state index contributed by atoms with van der Waals surface area (Å²) in [5.41, 5.74) is 5.30. The van der Waals surface area contributed by atoms with Crippen LogP contribution >= 0.6 is 0 Å². The minimum atomic E-state index is -0.967. The van der Waals surface area contributed by atoms with Gasteiger partial charge in [0.1, 0.15) is 24.2 Å². The van der Waals surface area contributed by atoms with Crippen LogP contribution in [0.3, 0.4) is 0 Å². The maximum Gasteiger partial charge on any atom is 0.270 e. The van der Waals surface area contributed by atoms with E-state index in [-0.39, 0.29) is 24.6 Å². The minimum Gasteiger partial charge on any atom is -0.356 e. The molecular formula is C28H22FN7O. The van der Waals surface area contributed by atoms with Gasteiger partial charge in [-0.2, -0.15) is 0 Å². The molecule has 182 valence electrons. The maximum atomic E-state index is 14.2. The normalized spacial score (nSPS) is 15.1. The van der Waals surface area contributed by atoms with Gasteiger partial charge in [-0.15, -0.1) is 0 Å². The lowest BCUT2D eigenvalue weighted by atomic mass is 10.1. The highest BCUT2D eigenvalue weighted by Crippen LogP contribution is 2.30. The Kier molecular flexibility index (Phi) is 5.69. The zero-order valence-electron chi connectivity index (χ0n) is 19.9. The van der Waals surface area contributed by atoms with Gasteiger partial charge in [-0.1, -0.05) is 30.0 Å². The Morgan fingerprint density at radius 1 is 1.16 bits per heavy atom. The van der Waals surface area contributed by atoms with Gasteiger partial charge in [-0.3, -0.25) is 4.79 Å². The summed E-state index contributed by atoms with van der Waals surface area (Å²) >= 11 is 0. The number of aromatic amines is 1. The number of alkyl halides is 1. The molecule has 2 N–H and O–H groups in total. The van der Waals surface area contributed by atoms with Gasteiger partial charge >= 0.3 is 0 Å². The maximum absolute atomic E-state index is 14.2. The number of carbonyl (C=O) groups excluding carboxylic acids is 1. The van der Waals surface area contributed by atoms with Gasteiger partial charge in [0.25, 0.3) is 5.91 Å². The molecule has 0 spiro atoms. The van der Waals surface area contributed by atoms with Crippen LogP contribution in [0.4, 0.5) is 4.39 Å². The number of fused-ring (bicyclic) bond motifs is 2. The first kappa shape index (κ1) is 22.6. The van der Waals surface area contributed by atoms with Crippen molar-refractivity contribution in [1.29, 1.82) is 0 Å². The molecule has 6 rings (SSSR count). The van der Waals surface area contributed by atoms with Crippen LogP contribution in [0.25, 0.3) is 10.9 Å². The Bertz CT molecular complexity index is 1650. The Balaban J connectivity index is 1.35. The van der Waals surface area contributed by atoms with E-state index < -0.39 is 12.2 Å². The summed E-state index contributed by atoms with van der Waals surface area (Å²) in [5, 5.41) is 4.09. The predicted molar refractivity (Wildman–Crippen MR) is 135 cm³/mol. The Morgan fingerprint density at radius 2 is 1.97 bits per heavy atom. The molecule has 2 atom stereocenters. The van der Waals surface area contributed by atoms with Crippen LogP contribution < -0.4 is 5.32 Å². The number of aromatic nitrogens is 6.